The summed E-state index contributed by atoms with van der Waals surface area (Å²) in [4.78, 5) is 0. The second kappa shape index (κ2) is 3.19. The maximum Gasteiger partial charge on any atom is 0.103 e. The van der Waals surface area contributed by atoms with Crippen LogP contribution in [0.1, 0.15) is 17.8 Å². The van der Waals surface area contributed by atoms with E-state index in [0.29, 0.717) is 6.54 Å². The molecular formula is C9H12N4. The van der Waals surface area contributed by atoms with Crippen molar-refractivity contribution in [2.75, 3.05) is 0 Å². The van der Waals surface area contributed by atoms with E-state index in [1.165, 1.54) is 5.69 Å². The largest absolute Gasteiger partial charge is 0.327 e. The molecule has 0 amide bonds. The molecule has 13 heavy (non-hydrogen) atoms. The van der Waals surface area contributed by atoms with Gasteiger partial charge in [0, 0.05) is 12.5 Å². The minimum Gasteiger partial charge on any atom is -0.327 e. The number of terminal acetylenes is 1. The van der Waals surface area contributed by atoms with Gasteiger partial charge in [0.05, 0.1) is 11.4 Å². The second-order valence-corrected chi connectivity index (χ2v) is 3.35. The van der Waals surface area contributed by atoms with Gasteiger partial charge in [0.1, 0.15) is 6.54 Å². The minimum atomic E-state index is 0.239. The molecule has 0 spiro atoms. The maximum absolute atomic E-state index is 5.82. The van der Waals surface area contributed by atoms with Crippen LogP contribution in [0.3, 0.4) is 0 Å². The zero-order valence-corrected chi connectivity index (χ0v) is 7.40. The fourth-order valence-corrected chi connectivity index (χ4v) is 1.69. The number of aromatic nitrogens is 3. The van der Waals surface area contributed by atoms with Crippen LogP contribution in [0.15, 0.2) is 0 Å². The summed E-state index contributed by atoms with van der Waals surface area (Å²) in [6, 6.07) is 0.239. The van der Waals surface area contributed by atoms with Crippen molar-refractivity contribution in [2.24, 2.45) is 5.73 Å². The van der Waals surface area contributed by atoms with Gasteiger partial charge >= 0.3 is 0 Å². The summed E-state index contributed by atoms with van der Waals surface area (Å²) in [7, 11) is 0. The van der Waals surface area contributed by atoms with Crippen LogP contribution >= 0.6 is 0 Å². The molecule has 0 aliphatic heterocycles. The molecule has 68 valence electrons. The number of fused-ring (bicyclic) bond motifs is 1. The molecule has 2 rings (SSSR count). The molecule has 2 N–H and O–H groups in total. The molecule has 0 fully saturated rings. The molecule has 0 radical (unpaired) electrons. The van der Waals surface area contributed by atoms with Crippen molar-refractivity contribution in [2.45, 2.75) is 31.8 Å². The van der Waals surface area contributed by atoms with Crippen LogP contribution in [0.25, 0.3) is 0 Å². The van der Waals surface area contributed by atoms with E-state index < -0.39 is 0 Å². The van der Waals surface area contributed by atoms with Gasteiger partial charge < -0.3 is 5.73 Å². The average molecular weight is 176 g/mol. The van der Waals surface area contributed by atoms with Crippen molar-refractivity contribution in [3.63, 3.8) is 0 Å². The minimum absolute atomic E-state index is 0.239. The van der Waals surface area contributed by atoms with Crippen LogP contribution in [0.4, 0.5) is 0 Å². The van der Waals surface area contributed by atoms with Crippen molar-refractivity contribution in [1.29, 1.82) is 0 Å². The Bertz CT molecular complexity index is 347. The summed E-state index contributed by atoms with van der Waals surface area (Å²) >= 11 is 0. The number of rotatable bonds is 1. The molecule has 4 nitrogen and oxygen atoms in total. The molecule has 1 aromatic rings. The molecule has 0 saturated carbocycles. The highest BCUT2D eigenvalue weighted by molar-refractivity contribution is 5.16. The summed E-state index contributed by atoms with van der Waals surface area (Å²) in [6.07, 6.45) is 8.00. The summed E-state index contributed by atoms with van der Waals surface area (Å²) < 4.78 is 1.79. The van der Waals surface area contributed by atoms with Gasteiger partial charge in [0.15, 0.2) is 0 Å². The molecule has 1 aliphatic rings. The molecule has 0 aromatic carbocycles. The van der Waals surface area contributed by atoms with E-state index in [4.69, 9.17) is 12.2 Å². The van der Waals surface area contributed by atoms with E-state index in [1.807, 2.05) is 0 Å². The first-order valence-electron chi connectivity index (χ1n) is 4.41. The number of nitrogens with zero attached hydrogens (tertiary/aromatic N) is 3. The lowest BCUT2D eigenvalue weighted by molar-refractivity contribution is 0.545. The second-order valence-electron chi connectivity index (χ2n) is 3.35. The van der Waals surface area contributed by atoms with Crippen molar-refractivity contribution in [3.8, 4) is 12.3 Å². The quantitative estimate of drug-likeness (QED) is 0.599. The van der Waals surface area contributed by atoms with Gasteiger partial charge in [-0.25, -0.2) is 4.68 Å². The van der Waals surface area contributed by atoms with E-state index in [0.717, 1.165) is 25.0 Å². The monoisotopic (exact) mass is 176 g/mol. The first kappa shape index (κ1) is 8.27. The van der Waals surface area contributed by atoms with Crippen molar-refractivity contribution in [1.82, 2.24) is 15.0 Å². The fraction of sp³-hybridized carbons (Fsp3) is 0.556. The lowest BCUT2D eigenvalue weighted by atomic mass is 9.97. The number of nitrogens with two attached hydrogens (primary N) is 1. The Hall–Kier alpha value is -1.34. The normalized spacial score (nSPS) is 20.8. The first-order valence-corrected chi connectivity index (χ1v) is 4.41. The average Bonchev–Trinajstić information content (AvgIpc) is 2.49. The van der Waals surface area contributed by atoms with Crippen LogP contribution in [-0.4, -0.2) is 21.0 Å². The lowest BCUT2D eigenvalue weighted by Crippen LogP contribution is -2.28. The van der Waals surface area contributed by atoms with E-state index in [-0.39, 0.29) is 6.04 Å². The summed E-state index contributed by atoms with van der Waals surface area (Å²) in [5.41, 5.74) is 8.00. The first-order chi connectivity index (χ1) is 6.31. The predicted octanol–water partition coefficient (Wildman–Crippen LogP) is -0.273. The molecule has 0 saturated heterocycles. The molecule has 1 heterocycles. The molecule has 0 bridgehead atoms. The molecule has 4 heteroatoms. The standard InChI is InChI=1S/C9H12N4/c1-2-5-13-9-4-3-7(10)6-8(9)11-12-13/h1,7H,3-6,10H2. The predicted molar refractivity (Wildman–Crippen MR) is 48.9 cm³/mol. The van der Waals surface area contributed by atoms with Crippen LogP contribution in [0, 0.1) is 12.3 Å². The number of hydrogen-bond acceptors (Lipinski definition) is 3. The van der Waals surface area contributed by atoms with Gasteiger partial charge in [0.25, 0.3) is 0 Å². The Kier molecular flexibility index (Phi) is 2.03. The van der Waals surface area contributed by atoms with Gasteiger partial charge in [-0.3, -0.25) is 0 Å². The van der Waals surface area contributed by atoms with Crippen LogP contribution < -0.4 is 5.73 Å². The Labute approximate surface area is 77.1 Å². The van der Waals surface area contributed by atoms with Gasteiger partial charge in [-0.1, -0.05) is 11.1 Å². The molecule has 1 unspecified atom stereocenters. The summed E-state index contributed by atoms with van der Waals surface area (Å²) in [5.74, 6) is 2.56. The van der Waals surface area contributed by atoms with Crippen molar-refractivity contribution >= 4 is 0 Å². The van der Waals surface area contributed by atoms with Gasteiger partial charge in [-0.2, -0.15) is 0 Å². The topological polar surface area (TPSA) is 56.7 Å². The van der Waals surface area contributed by atoms with Gasteiger partial charge in [0.2, 0.25) is 0 Å². The highest BCUT2D eigenvalue weighted by Gasteiger charge is 2.20. The Balaban J connectivity index is 2.29. The summed E-state index contributed by atoms with van der Waals surface area (Å²) in [6.45, 7) is 0.511. The zero-order valence-electron chi connectivity index (χ0n) is 7.40. The highest BCUT2D eigenvalue weighted by Crippen LogP contribution is 2.17. The van der Waals surface area contributed by atoms with E-state index in [1.54, 1.807) is 4.68 Å². The third-order valence-electron chi connectivity index (χ3n) is 2.37. The number of hydrogen-bond donors (Lipinski definition) is 1. The third kappa shape index (κ3) is 1.43. The van der Waals surface area contributed by atoms with Gasteiger partial charge in [-0.15, -0.1) is 11.5 Å². The summed E-state index contributed by atoms with van der Waals surface area (Å²) in [5, 5.41) is 8.05. The lowest BCUT2D eigenvalue weighted by Gasteiger charge is -2.16. The Morgan fingerprint density at radius 3 is 3.31 bits per heavy atom. The highest BCUT2D eigenvalue weighted by atomic mass is 15.4. The van der Waals surface area contributed by atoms with Crippen LogP contribution in [-0.2, 0) is 19.4 Å². The zero-order chi connectivity index (χ0) is 9.26. The van der Waals surface area contributed by atoms with Crippen molar-refractivity contribution in [3.05, 3.63) is 11.4 Å². The molecule has 1 aliphatic carbocycles. The van der Waals surface area contributed by atoms with E-state index >= 15 is 0 Å². The van der Waals surface area contributed by atoms with Gasteiger partial charge in [-0.05, 0) is 12.8 Å². The van der Waals surface area contributed by atoms with E-state index in [9.17, 15) is 0 Å². The fourth-order valence-electron chi connectivity index (χ4n) is 1.69. The van der Waals surface area contributed by atoms with E-state index in [2.05, 4.69) is 16.2 Å². The molecule has 1 atom stereocenters. The van der Waals surface area contributed by atoms with Crippen LogP contribution in [0.5, 0.6) is 0 Å². The Morgan fingerprint density at radius 2 is 2.54 bits per heavy atom. The Morgan fingerprint density at radius 1 is 1.69 bits per heavy atom. The SMILES string of the molecule is C#CCn1nnc2c1CCC(N)C2. The van der Waals surface area contributed by atoms with Crippen molar-refractivity contribution < 1.29 is 0 Å². The maximum atomic E-state index is 5.82. The third-order valence-corrected chi connectivity index (χ3v) is 2.37. The molecular weight excluding hydrogens is 164 g/mol. The smallest absolute Gasteiger partial charge is 0.103 e. The molecule has 1 aromatic heterocycles. The van der Waals surface area contributed by atoms with Crippen LogP contribution in [0.2, 0.25) is 0 Å².